The van der Waals surface area contributed by atoms with Gasteiger partial charge in [0.2, 0.25) is 0 Å². The Hall–Kier alpha value is -0.640. The maximum atomic E-state index is 3.42. The molecule has 13 heavy (non-hydrogen) atoms. The largest absolute Gasteiger partial charge is 0.266 e. The summed E-state index contributed by atoms with van der Waals surface area (Å²) in [4.78, 5) is 0. The summed E-state index contributed by atoms with van der Waals surface area (Å²) in [6, 6.07) is 8.67. The Morgan fingerprint density at radius 1 is 1.23 bits per heavy atom. The molecule has 3 nitrogen and oxygen atoms in total. The molecule has 0 unspecified atom stereocenters. The zero-order valence-corrected chi connectivity index (χ0v) is 9.86. The molecule has 1 N–H and O–H groups in total. The van der Waals surface area contributed by atoms with Crippen LogP contribution in [0, 0.1) is 6.92 Å². The van der Waals surface area contributed by atoms with E-state index >= 15 is 0 Å². The molecule has 1 aromatic carbocycles. The van der Waals surface area contributed by atoms with Gasteiger partial charge in [0.1, 0.15) is 0 Å². The van der Waals surface area contributed by atoms with Crippen molar-refractivity contribution in [2.75, 3.05) is 0 Å². The first-order valence-electron chi connectivity index (χ1n) is 4.13. The first-order valence-corrected chi connectivity index (χ1v) is 5.13. The van der Waals surface area contributed by atoms with Crippen LogP contribution in [0.15, 0.2) is 36.7 Å². The van der Waals surface area contributed by atoms with Crippen LogP contribution in [0.2, 0.25) is 0 Å². The quantitative estimate of drug-likeness (QED) is 0.607. The average Bonchev–Trinajstić information content (AvgIpc) is 2.68. The first-order chi connectivity index (χ1) is 6.29. The summed E-state index contributed by atoms with van der Waals surface area (Å²) in [6.07, 6.45) is 3.24. The Morgan fingerprint density at radius 3 is 2.23 bits per heavy atom. The van der Waals surface area contributed by atoms with Gasteiger partial charge in [0.15, 0.2) is 0 Å². The first kappa shape index (κ1) is 10.4. The minimum absolute atomic E-state index is 1.17. The monoisotopic (exact) mass is 183 g/mol. The summed E-state index contributed by atoms with van der Waals surface area (Å²) in [5.41, 5.74) is 1.35. The second kappa shape index (κ2) is 5.91. The smallest absolute Gasteiger partial charge is 0.0690 e. The van der Waals surface area contributed by atoms with E-state index in [1.54, 1.807) is 12.4 Å². The van der Waals surface area contributed by atoms with Gasteiger partial charge in [-0.2, -0.15) is 0 Å². The molecule has 1 aromatic heterocycles. The maximum Gasteiger partial charge on any atom is 0.0690 e. The molecule has 2 rings (SSSR count). The van der Waals surface area contributed by atoms with Crippen molar-refractivity contribution in [1.82, 2.24) is 15.4 Å². The molecule has 0 atom stereocenters. The van der Waals surface area contributed by atoms with E-state index in [-0.39, 0.29) is 0 Å². The number of hydrogen-bond donors (Lipinski definition) is 1. The van der Waals surface area contributed by atoms with Crippen LogP contribution in [0.3, 0.4) is 0 Å². The van der Waals surface area contributed by atoms with Crippen LogP contribution < -0.4 is 2.81 Å². The van der Waals surface area contributed by atoms with Crippen LogP contribution in [-0.2, 0) is 0 Å². The van der Waals surface area contributed by atoms with Crippen LogP contribution >= 0.6 is 0 Å². The van der Waals surface area contributed by atoms with Crippen molar-refractivity contribution in [3.63, 3.8) is 0 Å². The van der Waals surface area contributed by atoms with E-state index in [9.17, 15) is 0 Å². The fourth-order valence-electron chi connectivity index (χ4n) is 0.804. The van der Waals surface area contributed by atoms with E-state index in [1.165, 1.54) is 36.3 Å². The molecule has 0 saturated carbocycles. The van der Waals surface area contributed by atoms with Crippen LogP contribution in [0.25, 0.3) is 0 Å². The average molecular weight is 183 g/mol. The Bertz CT molecular complexity index is 277. The van der Waals surface area contributed by atoms with E-state index in [4.69, 9.17) is 0 Å². The molecule has 0 radical (unpaired) electrons. The summed E-state index contributed by atoms with van der Waals surface area (Å²) >= 11 is 1.17. The van der Waals surface area contributed by atoms with Crippen LogP contribution in [0.4, 0.5) is 0 Å². The Balaban J connectivity index is 0.000000145. The molecule has 4 heteroatoms. The molecule has 0 bridgehead atoms. The van der Waals surface area contributed by atoms with Gasteiger partial charge in [-0.05, 0) is 0 Å². The second-order valence-corrected chi connectivity index (χ2v) is 3.97. The van der Waals surface area contributed by atoms with Gasteiger partial charge in [-0.25, -0.2) is 0 Å². The van der Waals surface area contributed by atoms with Crippen molar-refractivity contribution in [2.45, 2.75) is 6.92 Å². The number of nitrogens with one attached hydrogen (secondary N) is 1. The van der Waals surface area contributed by atoms with Gasteiger partial charge >= 0.3 is 67.5 Å². The molecule has 1 heterocycles. The number of benzene rings is 1. The normalized spacial score (nSPS) is 8.85. The van der Waals surface area contributed by atoms with Crippen molar-refractivity contribution in [1.29, 1.82) is 0 Å². The van der Waals surface area contributed by atoms with Crippen LogP contribution in [0.5, 0.6) is 0 Å². The molecule has 0 saturated heterocycles. The molecule has 2 aromatic rings. The molecular formula is C9H10N3Na. The van der Waals surface area contributed by atoms with Crippen molar-refractivity contribution in [3.05, 3.63) is 42.2 Å². The fourth-order valence-corrected chi connectivity index (χ4v) is 1.14. The van der Waals surface area contributed by atoms with E-state index in [0.29, 0.717) is 0 Å². The number of nitrogens with zero attached hydrogens (tertiary/aromatic N) is 2. The third-order valence-electron chi connectivity index (χ3n) is 1.55. The predicted molar refractivity (Wildman–Crippen MR) is 52.9 cm³/mol. The maximum absolute atomic E-state index is 3.42. The number of H-pyrrole nitrogens is 1. The molecule has 0 aliphatic carbocycles. The van der Waals surface area contributed by atoms with E-state index in [2.05, 4.69) is 46.6 Å². The van der Waals surface area contributed by atoms with E-state index in [0.717, 1.165) is 0 Å². The van der Waals surface area contributed by atoms with Gasteiger partial charge in [-0.15, -0.1) is 5.10 Å². The van der Waals surface area contributed by atoms with Crippen molar-refractivity contribution in [2.24, 2.45) is 0 Å². The standard InChI is InChI=1S/C7H7.C2H3N3.Na/c1-7-5-3-2-4-6-7;1-2-4-5-3-1;/h3-6H,1H3;1-2H,(H,3,4,5);. The molecular weight excluding hydrogens is 173 g/mol. The molecule has 0 spiro atoms. The minimum Gasteiger partial charge on any atom is -0.266 e. The summed E-state index contributed by atoms with van der Waals surface area (Å²) < 4.78 is 1.47. The summed E-state index contributed by atoms with van der Waals surface area (Å²) in [7, 11) is 0. The van der Waals surface area contributed by atoms with Gasteiger partial charge in [0, 0.05) is 6.20 Å². The number of aromatic nitrogens is 3. The van der Waals surface area contributed by atoms with Crippen molar-refractivity contribution < 1.29 is 0 Å². The predicted octanol–water partition coefficient (Wildman–Crippen LogP) is 0.594. The van der Waals surface area contributed by atoms with Gasteiger partial charge in [0.05, 0.1) is 6.20 Å². The van der Waals surface area contributed by atoms with Crippen LogP contribution in [-0.4, -0.2) is 43.3 Å². The fraction of sp³-hybridized carbons (Fsp3) is 0.111. The number of aromatic amines is 1. The molecule has 0 fully saturated rings. The van der Waals surface area contributed by atoms with Gasteiger partial charge in [0.25, 0.3) is 0 Å². The summed E-state index contributed by atoms with van der Waals surface area (Å²) in [5, 5.41) is 9.26. The summed E-state index contributed by atoms with van der Waals surface area (Å²) in [6.45, 7) is 2.11. The Labute approximate surface area is 95.0 Å². The number of hydrogen-bond acceptors (Lipinski definition) is 2. The SMILES string of the molecule is Cc1cc[c]([Na])cc1.c1c[nH]nn1. The van der Waals surface area contributed by atoms with E-state index in [1.807, 2.05) is 0 Å². The number of aryl methyl sites for hydroxylation is 1. The van der Waals surface area contributed by atoms with Crippen molar-refractivity contribution >= 4 is 30.7 Å². The third-order valence-corrected chi connectivity index (χ3v) is 2.22. The second-order valence-electron chi connectivity index (χ2n) is 2.82. The topological polar surface area (TPSA) is 41.6 Å². The molecule has 0 amide bonds. The Morgan fingerprint density at radius 2 is 1.92 bits per heavy atom. The zero-order valence-electron chi connectivity index (χ0n) is 7.86. The van der Waals surface area contributed by atoms with Crippen LogP contribution in [0.1, 0.15) is 5.56 Å². The molecule has 0 aliphatic heterocycles. The zero-order chi connectivity index (χ0) is 9.52. The third kappa shape index (κ3) is 4.83. The molecule has 0 aliphatic rings. The van der Waals surface area contributed by atoms with Crippen molar-refractivity contribution in [3.8, 4) is 0 Å². The van der Waals surface area contributed by atoms with Gasteiger partial charge in [-0.3, -0.25) is 5.10 Å². The van der Waals surface area contributed by atoms with Gasteiger partial charge < -0.3 is 0 Å². The van der Waals surface area contributed by atoms with E-state index < -0.39 is 0 Å². The van der Waals surface area contributed by atoms with Gasteiger partial charge in [-0.1, -0.05) is 5.21 Å². The number of rotatable bonds is 0. The minimum atomic E-state index is 1.17. The Kier molecular flexibility index (Phi) is 4.75. The molecule has 62 valence electrons. The summed E-state index contributed by atoms with van der Waals surface area (Å²) in [5.74, 6) is 0.